The summed E-state index contributed by atoms with van der Waals surface area (Å²) in [6.45, 7) is 4.04. The van der Waals surface area contributed by atoms with Crippen molar-refractivity contribution in [1.82, 2.24) is 0 Å². The first kappa shape index (κ1) is 12.4. The third-order valence-corrected chi connectivity index (χ3v) is 3.15. The minimum Gasteiger partial charge on any atom is -0.478 e. The van der Waals surface area contributed by atoms with Crippen molar-refractivity contribution in [2.75, 3.05) is 0 Å². The smallest absolute Gasteiger partial charge is 0.336 e. The van der Waals surface area contributed by atoms with Crippen LogP contribution in [0.5, 0.6) is 0 Å². The van der Waals surface area contributed by atoms with Gasteiger partial charge in [-0.05, 0) is 41.7 Å². The minimum atomic E-state index is -0.881. The monoisotopic (exact) mass is 240 g/mol. The second-order valence-corrected chi connectivity index (χ2v) is 4.35. The fraction of sp³-hybridized carbons (Fsp3) is 0.188. The summed E-state index contributed by atoms with van der Waals surface area (Å²) in [5.41, 5.74) is 4.37. The number of carbonyl (C=O) groups is 1. The molecule has 0 amide bonds. The van der Waals surface area contributed by atoms with E-state index in [1.165, 1.54) is 5.56 Å². The summed E-state index contributed by atoms with van der Waals surface area (Å²) in [4.78, 5) is 11.3. The van der Waals surface area contributed by atoms with Gasteiger partial charge in [0.2, 0.25) is 0 Å². The van der Waals surface area contributed by atoms with Crippen molar-refractivity contribution in [3.8, 4) is 11.1 Å². The van der Waals surface area contributed by atoms with Crippen LogP contribution in [-0.4, -0.2) is 11.1 Å². The zero-order valence-electron chi connectivity index (χ0n) is 10.6. The molecule has 0 aliphatic rings. The van der Waals surface area contributed by atoms with Gasteiger partial charge in [0, 0.05) is 0 Å². The van der Waals surface area contributed by atoms with Crippen LogP contribution < -0.4 is 0 Å². The van der Waals surface area contributed by atoms with Crippen LogP contribution in [-0.2, 0) is 6.42 Å². The maximum Gasteiger partial charge on any atom is 0.336 e. The van der Waals surface area contributed by atoms with Gasteiger partial charge in [-0.25, -0.2) is 4.79 Å². The molecular weight excluding hydrogens is 224 g/mol. The summed E-state index contributed by atoms with van der Waals surface area (Å²) in [6, 6.07) is 13.5. The second kappa shape index (κ2) is 5.05. The molecule has 18 heavy (non-hydrogen) atoms. The molecule has 0 saturated heterocycles. The fourth-order valence-corrected chi connectivity index (χ4v) is 2.14. The van der Waals surface area contributed by atoms with Gasteiger partial charge >= 0.3 is 5.97 Å². The third kappa shape index (κ3) is 2.28. The van der Waals surface area contributed by atoms with E-state index < -0.39 is 5.97 Å². The minimum absolute atomic E-state index is 0.360. The first-order valence-electron chi connectivity index (χ1n) is 6.05. The summed E-state index contributed by atoms with van der Waals surface area (Å²) < 4.78 is 0. The molecule has 0 heterocycles. The predicted octanol–water partition coefficient (Wildman–Crippen LogP) is 3.92. The Morgan fingerprint density at radius 2 is 1.78 bits per heavy atom. The highest BCUT2D eigenvalue weighted by atomic mass is 16.4. The summed E-state index contributed by atoms with van der Waals surface area (Å²) in [7, 11) is 0. The number of hydrogen-bond acceptors (Lipinski definition) is 1. The normalized spacial score (nSPS) is 10.3. The van der Waals surface area contributed by atoms with Gasteiger partial charge in [-0.15, -0.1) is 0 Å². The third-order valence-electron chi connectivity index (χ3n) is 3.15. The molecule has 0 bridgehead atoms. The zero-order valence-corrected chi connectivity index (χ0v) is 10.6. The maximum atomic E-state index is 11.3. The van der Waals surface area contributed by atoms with Crippen molar-refractivity contribution >= 4 is 5.97 Å². The average Bonchev–Trinajstić information content (AvgIpc) is 2.38. The lowest BCUT2D eigenvalue weighted by atomic mass is 9.94. The van der Waals surface area contributed by atoms with Crippen molar-refractivity contribution in [2.24, 2.45) is 0 Å². The molecule has 0 saturated carbocycles. The first-order valence-corrected chi connectivity index (χ1v) is 6.05. The van der Waals surface area contributed by atoms with Gasteiger partial charge in [0.15, 0.2) is 0 Å². The summed E-state index contributed by atoms with van der Waals surface area (Å²) in [5.74, 6) is -0.881. The molecule has 0 aliphatic heterocycles. The molecule has 0 atom stereocenters. The van der Waals surface area contributed by atoms with Crippen molar-refractivity contribution < 1.29 is 9.90 Å². The second-order valence-electron chi connectivity index (χ2n) is 4.35. The molecule has 2 aromatic rings. The van der Waals surface area contributed by atoms with Gasteiger partial charge in [0.1, 0.15) is 0 Å². The topological polar surface area (TPSA) is 37.3 Å². The van der Waals surface area contributed by atoms with E-state index in [0.29, 0.717) is 5.56 Å². The van der Waals surface area contributed by atoms with Crippen LogP contribution in [0.1, 0.15) is 28.4 Å². The molecule has 2 nitrogen and oxygen atoms in total. The van der Waals surface area contributed by atoms with E-state index in [1.807, 2.05) is 37.3 Å². The van der Waals surface area contributed by atoms with E-state index >= 15 is 0 Å². The molecule has 0 aliphatic carbocycles. The van der Waals surface area contributed by atoms with Crippen LogP contribution in [0, 0.1) is 6.92 Å². The molecule has 2 aromatic carbocycles. The van der Waals surface area contributed by atoms with E-state index in [1.54, 1.807) is 12.1 Å². The molecule has 1 N–H and O–H groups in total. The average molecular weight is 240 g/mol. The Bertz CT molecular complexity index is 568. The van der Waals surface area contributed by atoms with E-state index in [2.05, 4.69) is 6.92 Å². The SMILES string of the molecule is CCc1ccc(-c2c(C)cccc2C(=O)O)cc1. The Hall–Kier alpha value is -2.09. The van der Waals surface area contributed by atoms with E-state index in [9.17, 15) is 9.90 Å². The molecule has 0 unspecified atom stereocenters. The largest absolute Gasteiger partial charge is 0.478 e. The summed E-state index contributed by atoms with van der Waals surface area (Å²) in [6.07, 6.45) is 0.986. The maximum absolute atomic E-state index is 11.3. The highest BCUT2D eigenvalue weighted by Crippen LogP contribution is 2.27. The number of hydrogen-bond donors (Lipinski definition) is 1. The molecule has 2 rings (SSSR count). The standard InChI is InChI=1S/C16H16O2/c1-3-12-7-9-13(10-8-12)15-11(2)5-4-6-14(15)16(17)18/h4-10H,3H2,1-2H3,(H,17,18). The van der Waals surface area contributed by atoms with Crippen molar-refractivity contribution in [2.45, 2.75) is 20.3 Å². The Labute approximate surface area is 107 Å². The number of aromatic carboxylic acids is 1. The summed E-state index contributed by atoms with van der Waals surface area (Å²) in [5, 5.41) is 9.25. The Kier molecular flexibility index (Phi) is 3.47. The lowest BCUT2D eigenvalue weighted by Crippen LogP contribution is -2.01. The molecule has 0 fully saturated rings. The molecule has 2 heteroatoms. The Balaban J connectivity index is 2.58. The van der Waals surface area contributed by atoms with Crippen LogP contribution in [0.3, 0.4) is 0 Å². The molecule has 0 aromatic heterocycles. The van der Waals surface area contributed by atoms with Gasteiger partial charge in [0.05, 0.1) is 5.56 Å². The summed E-state index contributed by atoms with van der Waals surface area (Å²) >= 11 is 0. The van der Waals surface area contributed by atoms with Gasteiger partial charge in [0.25, 0.3) is 0 Å². The lowest BCUT2D eigenvalue weighted by molar-refractivity contribution is 0.0697. The van der Waals surface area contributed by atoms with Gasteiger partial charge in [-0.1, -0.05) is 43.3 Å². The Morgan fingerprint density at radius 1 is 1.11 bits per heavy atom. The number of rotatable bonds is 3. The highest BCUT2D eigenvalue weighted by molar-refractivity contribution is 5.97. The van der Waals surface area contributed by atoms with Gasteiger partial charge in [-0.3, -0.25) is 0 Å². The predicted molar refractivity (Wildman–Crippen MR) is 73.0 cm³/mol. The van der Waals surface area contributed by atoms with E-state index in [-0.39, 0.29) is 0 Å². The van der Waals surface area contributed by atoms with Crippen molar-refractivity contribution in [3.05, 3.63) is 59.2 Å². The van der Waals surface area contributed by atoms with Crippen molar-refractivity contribution in [3.63, 3.8) is 0 Å². The van der Waals surface area contributed by atoms with Gasteiger partial charge < -0.3 is 5.11 Å². The highest BCUT2D eigenvalue weighted by Gasteiger charge is 2.13. The van der Waals surface area contributed by atoms with E-state index in [4.69, 9.17) is 0 Å². The molecular formula is C16H16O2. The fourth-order valence-electron chi connectivity index (χ4n) is 2.14. The van der Waals surface area contributed by atoms with E-state index in [0.717, 1.165) is 23.1 Å². The van der Waals surface area contributed by atoms with Gasteiger partial charge in [-0.2, -0.15) is 0 Å². The van der Waals surface area contributed by atoms with Crippen LogP contribution in [0.25, 0.3) is 11.1 Å². The molecule has 0 radical (unpaired) electrons. The zero-order chi connectivity index (χ0) is 13.1. The van der Waals surface area contributed by atoms with Crippen molar-refractivity contribution in [1.29, 1.82) is 0 Å². The lowest BCUT2D eigenvalue weighted by Gasteiger charge is -2.10. The van der Waals surface area contributed by atoms with Crippen LogP contribution in [0.2, 0.25) is 0 Å². The first-order chi connectivity index (χ1) is 8.63. The number of aryl methyl sites for hydroxylation is 2. The van der Waals surface area contributed by atoms with Crippen LogP contribution >= 0.6 is 0 Å². The van der Waals surface area contributed by atoms with Crippen LogP contribution in [0.4, 0.5) is 0 Å². The number of carboxylic acid groups (broad SMARTS) is 1. The van der Waals surface area contributed by atoms with Crippen LogP contribution in [0.15, 0.2) is 42.5 Å². The Morgan fingerprint density at radius 3 is 2.33 bits per heavy atom. The molecule has 0 spiro atoms. The number of carboxylic acids is 1. The quantitative estimate of drug-likeness (QED) is 0.882. The molecule has 92 valence electrons. The number of benzene rings is 2.